The van der Waals surface area contributed by atoms with Gasteiger partial charge in [0.1, 0.15) is 0 Å². The quantitative estimate of drug-likeness (QED) is 0.555. The number of piperidine rings is 1. The number of likely N-dealkylation sites (tertiary alicyclic amines) is 1. The zero-order valence-electron chi connectivity index (χ0n) is 16.5. The Morgan fingerprint density at radius 2 is 1.58 bits per heavy atom. The predicted molar refractivity (Wildman–Crippen MR) is 111 cm³/mol. The SMILES string of the molecule is CCCCCCCCCCc1ccc(NC(=O)N2CCC(N)CC2)cc1. The molecular weight excluding hydrogens is 322 g/mol. The third kappa shape index (κ3) is 7.77. The zero-order chi connectivity index (χ0) is 18.6. The van der Waals surface area contributed by atoms with Gasteiger partial charge < -0.3 is 16.0 Å². The highest BCUT2D eigenvalue weighted by molar-refractivity contribution is 5.89. The molecule has 0 saturated carbocycles. The number of benzene rings is 1. The molecule has 26 heavy (non-hydrogen) atoms. The van der Waals surface area contributed by atoms with Crippen LogP contribution in [0.15, 0.2) is 24.3 Å². The van der Waals surface area contributed by atoms with Crippen LogP contribution in [0.4, 0.5) is 10.5 Å². The van der Waals surface area contributed by atoms with Crippen LogP contribution in [0.3, 0.4) is 0 Å². The number of nitrogens with zero attached hydrogens (tertiary/aromatic N) is 1. The van der Waals surface area contributed by atoms with Gasteiger partial charge in [-0.1, -0.05) is 64.0 Å². The van der Waals surface area contributed by atoms with Crippen LogP contribution in [0.25, 0.3) is 0 Å². The van der Waals surface area contributed by atoms with Gasteiger partial charge in [0.15, 0.2) is 0 Å². The molecule has 2 rings (SSSR count). The number of amides is 2. The molecule has 0 spiro atoms. The first-order valence-electron chi connectivity index (χ1n) is 10.6. The molecule has 2 amide bonds. The van der Waals surface area contributed by atoms with Crippen molar-refractivity contribution in [2.45, 2.75) is 83.6 Å². The number of nitrogens with two attached hydrogens (primary N) is 1. The topological polar surface area (TPSA) is 58.4 Å². The molecule has 0 aromatic heterocycles. The fourth-order valence-electron chi connectivity index (χ4n) is 3.52. The second-order valence-electron chi connectivity index (χ2n) is 7.68. The van der Waals surface area contributed by atoms with E-state index in [0.717, 1.165) is 38.0 Å². The van der Waals surface area contributed by atoms with Crippen LogP contribution in [0.1, 0.15) is 76.7 Å². The molecule has 0 atom stereocenters. The van der Waals surface area contributed by atoms with Crippen molar-refractivity contribution in [3.05, 3.63) is 29.8 Å². The van der Waals surface area contributed by atoms with Crippen molar-refractivity contribution in [2.75, 3.05) is 18.4 Å². The molecule has 146 valence electrons. The van der Waals surface area contributed by atoms with Crippen LogP contribution < -0.4 is 11.1 Å². The smallest absolute Gasteiger partial charge is 0.321 e. The molecular formula is C22H37N3O. The lowest BCUT2D eigenvalue weighted by atomic mass is 10.0. The van der Waals surface area contributed by atoms with Gasteiger partial charge in [-0.2, -0.15) is 0 Å². The van der Waals surface area contributed by atoms with Crippen molar-refractivity contribution in [3.8, 4) is 0 Å². The maximum atomic E-state index is 12.3. The van der Waals surface area contributed by atoms with Gasteiger partial charge in [-0.15, -0.1) is 0 Å². The van der Waals surface area contributed by atoms with E-state index in [1.54, 1.807) is 0 Å². The molecule has 3 N–H and O–H groups in total. The summed E-state index contributed by atoms with van der Waals surface area (Å²) in [7, 11) is 0. The van der Waals surface area contributed by atoms with Crippen molar-refractivity contribution < 1.29 is 4.79 Å². The largest absolute Gasteiger partial charge is 0.328 e. The number of unbranched alkanes of at least 4 members (excludes halogenated alkanes) is 7. The maximum Gasteiger partial charge on any atom is 0.321 e. The highest BCUT2D eigenvalue weighted by atomic mass is 16.2. The third-order valence-corrected chi connectivity index (χ3v) is 5.35. The summed E-state index contributed by atoms with van der Waals surface area (Å²) in [5, 5.41) is 3.00. The van der Waals surface area contributed by atoms with Crippen LogP contribution in [-0.2, 0) is 6.42 Å². The van der Waals surface area contributed by atoms with Crippen LogP contribution in [0, 0.1) is 0 Å². The summed E-state index contributed by atoms with van der Waals surface area (Å²) in [4.78, 5) is 14.1. The van der Waals surface area contributed by atoms with Gasteiger partial charge in [0.05, 0.1) is 0 Å². The molecule has 1 aromatic carbocycles. The first-order chi connectivity index (χ1) is 12.7. The minimum absolute atomic E-state index is 0.00674. The molecule has 1 aliphatic rings. The van der Waals surface area contributed by atoms with Gasteiger partial charge in [-0.25, -0.2) is 4.79 Å². The van der Waals surface area contributed by atoms with Gasteiger partial charge in [0, 0.05) is 24.8 Å². The number of urea groups is 1. The normalized spacial score (nSPS) is 15.2. The number of carbonyl (C=O) groups is 1. The highest BCUT2D eigenvalue weighted by Gasteiger charge is 2.20. The summed E-state index contributed by atoms with van der Waals surface area (Å²) in [6, 6.07) is 8.57. The number of hydrogen-bond acceptors (Lipinski definition) is 2. The van der Waals surface area contributed by atoms with Crippen molar-refractivity contribution in [1.29, 1.82) is 0 Å². The lowest BCUT2D eigenvalue weighted by Gasteiger charge is -2.30. The third-order valence-electron chi connectivity index (χ3n) is 5.35. The second kappa shape index (κ2) is 11.9. The van der Waals surface area contributed by atoms with E-state index in [1.165, 1.54) is 56.9 Å². The lowest BCUT2D eigenvalue weighted by molar-refractivity contribution is 0.195. The fraction of sp³-hybridized carbons (Fsp3) is 0.682. The van der Waals surface area contributed by atoms with Crippen molar-refractivity contribution in [1.82, 2.24) is 4.90 Å². The van der Waals surface area contributed by atoms with Gasteiger partial charge in [-0.05, 0) is 43.4 Å². The number of hydrogen-bond donors (Lipinski definition) is 2. The van der Waals surface area contributed by atoms with Crippen LogP contribution in [-0.4, -0.2) is 30.1 Å². The fourth-order valence-corrected chi connectivity index (χ4v) is 3.52. The number of aryl methyl sites for hydroxylation is 1. The van der Waals surface area contributed by atoms with Crippen molar-refractivity contribution in [2.24, 2.45) is 5.73 Å². The molecule has 4 heteroatoms. The predicted octanol–water partition coefficient (Wildman–Crippen LogP) is 5.32. The number of rotatable bonds is 10. The minimum Gasteiger partial charge on any atom is -0.328 e. The standard InChI is InChI=1S/C22H37N3O/c1-2-3-4-5-6-7-8-9-10-19-11-13-21(14-12-19)24-22(26)25-17-15-20(23)16-18-25/h11-14,20H,2-10,15-18,23H2,1H3,(H,24,26). The molecule has 0 radical (unpaired) electrons. The van der Waals surface area contributed by atoms with Crippen LogP contribution in [0.2, 0.25) is 0 Å². The van der Waals surface area contributed by atoms with Gasteiger partial charge in [-0.3, -0.25) is 0 Å². The summed E-state index contributed by atoms with van der Waals surface area (Å²) in [6.07, 6.45) is 13.7. The zero-order valence-corrected chi connectivity index (χ0v) is 16.5. The Kier molecular flexibility index (Phi) is 9.54. The summed E-state index contributed by atoms with van der Waals surface area (Å²) >= 11 is 0. The molecule has 1 aliphatic heterocycles. The molecule has 1 saturated heterocycles. The van der Waals surface area contributed by atoms with E-state index >= 15 is 0 Å². The van der Waals surface area contributed by atoms with E-state index in [0.29, 0.717) is 0 Å². The Labute approximate surface area is 159 Å². The average Bonchev–Trinajstić information content (AvgIpc) is 2.65. The van der Waals surface area contributed by atoms with E-state index in [1.807, 2.05) is 17.0 Å². The maximum absolute atomic E-state index is 12.3. The molecule has 1 fully saturated rings. The van der Waals surface area contributed by atoms with E-state index < -0.39 is 0 Å². The van der Waals surface area contributed by atoms with E-state index in [4.69, 9.17) is 5.73 Å². The van der Waals surface area contributed by atoms with Crippen LogP contribution >= 0.6 is 0 Å². The Bertz CT molecular complexity index is 507. The molecule has 4 nitrogen and oxygen atoms in total. The van der Waals surface area contributed by atoms with Crippen LogP contribution in [0.5, 0.6) is 0 Å². The number of carbonyl (C=O) groups excluding carboxylic acids is 1. The molecule has 1 heterocycles. The molecule has 0 unspecified atom stereocenters. The van der Waals surface area contributed by atoms with Crippen molar-refractivity contribution in [3.63, 3.8) is 0 Å². The Morgan fingerprint density at radius 1 is 1.00 bits per heavy atom. The monoisotopic (exact) mass is 359 g/mol. The number of anilines is 1. The van der Waals surface area contributed by atoms with E-state index in [-0.39, 0.29) is 12.1 Å². The highest BCUT2D eigenvalue weighted by Crippen LogP contribution is 2.16. The Hall–Kier alpha value is -1.55. The summed E-state index contributed by atoms with van der Waals surface area (Å²) in [5.41, 5.74) is 8.13. The van der Waals surface area contributed by atoms with Crippen molar-refractivity contribution >= 4 is 11.7 Å². The Morgan fingerprint density at radius 3 is 2.19 bits per heavy atom. The summed E-state index contributed by atoms with van der Waals surface area (Å²) in [5.74, 6) is 0. The first-order valence-corrected chi connectivity index (χ1v) is 10.6. The molecule has 0 bridgehead atoms. The summed E-state index contributed by atoms with van der Waals surface area (Å²) in [6.45, 7) is 3.77. The van der Waals surface area contributed by atoms with E-state index in [9.17, 15) is 4.79 Å². The molecule has 0 aliphatic carbocycles. The van der Waals surface area contributed by atoms with Gasteiger partial charge in [0.25, 0.3) is 0 Å². The van der Waals surface area contributed by atoms with E-state index in [2.05, 4.69) is 24.4 Å². The van der Waals surface area contributed by atoms with Gasteiger partial charge >= 0.3 is 6.03 Å². The minimum atomic E-state index is -0.00674. The van der Waals surface area contributed by atoms with Gasteiger partial charge in [0.2, 0.25) is 0 Å². The molecule has 1 aromatic rings. The number of nitrogens with one attached hydrogen (secondary N) is 1. The first kappa shape index (κ1) is 20.8. The second-order valence-corrected chi connectivity index (χ2v) is 7.68. The Balaban J connectivity index is 1.61. The lowest BCUT2D eigenvalue weighted by Crippen LogP contribution is -2.44. The summed E-state index contributed by atoms with van der Waals surface area (Å²) < 4.78 is 0. The average molecular weight is 360 g/mol.